The van der Waals surface area contributed by atoms with Crippen molar-refractivity contribution in [1.82, 2.24) is 14.7 Å². The smallest absolute Gasteiger partial charge is 0.331 e. The first-order chi connectivity index (χ1) is 13.1. The van der Waals surface area contributed by atoms with E-state index in [4.69, 9.17) is 16.3 Å². The maximum absolute atomic E-state index is 11.8. The molecule has 6 nitrogen and oxygen atoms in total. The number of imidazole rings is 1. The fraction of sp³-hybridized carbons (Fsp3) is 0.350. The molecule has 7 heteroatoms. The second-order valence-corrected chi connectivity index (χ2v) is 6.72. The summed E-state index contributed by atoms with van der Waals surface area (Å²) in [5.74, 6) is -0.914. The molecule has 3 rings (SSSR count). The Bertz CT molecular complexity index is 886. The van der Waals surface area contributed by atoms with Gasteiger partial charge >= 0.3 is 5.97 Å². The highest BCUT2D eigenvalue weighted by molar-refractivity contribution is 6.31. The number of allylic oxidation sites excluding steroid dienone is 1. The number of halogens is 1. The quantitative estimate of drug-likeness (QED) is 0.448. The largest absolute Gasteiger partial charge is 0.452 e. The summed E-state index contributed by atoms with van der Waals surface area (Å²) in [6.45, 7) is 0.262. The van der Waals surface area contributed by atoms with E-state index < -0.39 is 5.97 Å². The van der Waals surface area contributed by atoms with E-state index >= 15 is 0 Å². The van der Waals surface area contributed by atoms with Crippen LogP contribution < -0.4 is 5.32 Å². The van der Waals surface area contributed by atoms with Crippen molar-refractivity contribution in [3.05, 3.63) is 53.0 Å². The molecule has 0 radical (unpaired) electrons. The Morgan fingerprint density at radius 2 is 2.22 bits per heavy atom. The lowest BCUT2D eigenvalue weighted by molar-refractivity contribution is -0.143. The zero-order valence-corrected chi connectivity index (χ0v) is 15.7. The third-order valence-corrected chi connectivity index (χ3v) is 4.68. The minimum Gasteiger partial charge on any atom is -0.452 e. The van der Waals surface area contributed by atoms with Gasteiger partial charge < -0.3 is 10.1 Å². The first-order valence-electron chi connectivity index (χ1n) is 9.05. The molecule has 0 fully saturated rings. The van der Waals surface area contributed by atoms with E-state index in [2.05, 4.69) is 16.4 Å². The van der Waals surface area contributed by atoms with Gasteiger partial charge in [-0.05, 0) is 50.3 Å². The maximum atomic E-state index is 11.8. The Hall–Kier alpha value is -2.60. The molecule has 0 atom stereocenters. The molecule has 27 heavy (non-hydrogen) atoms. The number of hydrogen-bond donors (Lipinski definition) is 1. The SMILES string of the molecule is O=C(COC(=O)/C=C/c1c(Cl)nc2ccccn12)NCCC1=CCCCC1. The molecule has 0 aromatic carbocycles. The van der Waals surface area contributed by atoms with Gasteiger partial charge in [0.05, 0.1) is 5.69 Å². The van der Waals surface area contributed by atoms with Crippen LogP contribution in [0.15, 0.2) is 42.1 Å². The molecule has 2 aromatic rings. The highest BCUT2D eigenvalue weighted by Crippen LogP contribution is 2.20. The monoisotopic (exact) mass is 387 g/mol. The molecule has 0 saturated heterocycles. The highest BCUT2D eigenvalue weighted by atomic mass is 35.5. The Morgan fingerprint density at radius 1 is 1.33 bits per heavy atom. The molecule has 1 N–H and O–H groups in total. The Balaban J connectivity index is 1.43. The van der Waals surface area contributed by atoms with Gasteiger partial charge in [-0.3, -0.25) is 9.20 Å². The van der Waals surface area contributed by atoms with Crippen molar-refractivity contribution < 1.29 is 14.3 Å². The normalized spacial score (nSPS) is 14.3. The van der Waals surface area contributed by atoms with Gasteiger partial charge in [0.1, 0.15) is 5.65 Å². The number of nitrogens with one attached hydrogen (secondary N) is 1. The van der Waals surface area contributed by atoms with E-state index in [0.717, 1.165) is 19.3 Å². The zero-order chi connectivity index (χ0) is 19.1. The molecule has 2 aromatic heterocycles. The maximum Gasteiger partial charge on any atom is 0.331 e. The van der Waals surface area contributed by atoms with E-state index in [9.17, 15) is 9.59 Å². The van der Waals surface area contributed by atoms with Crippen molar-refractivity contribution in [2.24, 2.45) is 0 Å². The van der Waals surface area contributed by atoms with Crippen molar-refractivity contribution in [3.63, 3.8) is 0 Å². The van der Waals surface area contributed by atoms with Crippen LogP contribution in [-0.2, 0) is 14.3 Å². The van der Waals surface area contributed by atoms with E-state index in [0.29, 0.717) is 23.0 Å². The van der Waals surface area contributed by atoms with Crippen molar-refractivity contribution >= 4 is 35.2 Å². The fourth-order valence-corrected chi connectivity index (χ4v) is 3.25. The molecular formula is C20H22ClN3O3. The molecule has 2 heterocycles. The summed E-state index contributed by atoms with van der Waals surface area (Å²) in [5, 5.41) is 3.06. The van der Waals surface area contributed by atoms with Crippen molar-refractivity contribution in [2.45, 2.75) is 32.1 Å². The lowest BCUT2D eigenvalue weighted by Gasteiger charge is -2.12. The van der Waals surface area contributed by atoms with E-state index in [-0.39, 0.29) is 12.5 Å². The van der Waals surface area contributed by atoms with Gasteiger partial charge in [0.25, 0.3) is 5.91 Å². The highest BCUT2D eigenvalue weighted by Gasteiger charge is 2.09. The molecule has 0 unspecified atom stereocenters. The first kappa shape index (κ1) is 19.2. The molecule has 0 bridgehead atoms. The summed E-state index contributed by atoms with van der Waals surface area (Å²) in [7, 11) is 0. The molecule has 142 valence electrons. The van der Waals surface area contributed by atoms with Gasteiger partial charge in [-0.1, -0.05) is 29.3 Å². The number of rotatable bonds is 7. The standard InChI is InChI=1S/C20H22ClN3O3/c21-20-16(24-13-5-4-8-17(24)23-20)9-10-19(26)27-14-18(25)22-12-11-15-6-2-1-3-7-15/h4-6,8-10,13H,1-3,7,11-12,14H2,(H,22,25)/b10-9+. The van der Waals surface area contributed by atoms with E-state index in [1.165, 1.54) is 30.6 Å². The van der Waals surface area contributed by atoms with Gasteiger partial charge in [-0.15, -0.1) is 0 Å². The predicted molar refractivity (Wildman–Crippen MR) is 104 cm³/mol. The molecular weight excluding hydrogens is 366 g/mol. The van der Waals surface area contributed by atoms with Crippen LogP contribution in [0.1, 0.15) is 37.8 Å². The average molecular weight is 388 g/mol. The average Bonchev–Trinajstić information content (AvgIpc) is 3.00. The predicted octanol–water partition coefficient (Wildman–Crippen LogP) is 3.55. The molecule has 1 aliphatic carbocycles. The number of fused-ring (bicyclic) bond motifs is 1. The van der Waals surface area contributed by atoms with Gasteiger partial charge in [0, 0.05) is 18.8 Å². The van der Waals surface area contributed by atoms with Gasteiger partial charge in [0.2, 0.25) is 0 Å². The number of carbonyl (C=O) groups excluding carboxylic acids is 2. The second kappa shape index (κ2) is 9.37. The van der Waals surface area contributed by atoms with Crippen molar-refractivity contribution in [3.8, 4) is 0 Å². The summed E-state index contributed by atoms with van der Waals surface area (Å²) in [5.41, 5.74) is 2.66. The van der Waals surface area contributed by atoms with Crippen LogP contribution in [0, 0.1) is 0 Å². The van der Waals surface area contributed by atoms with Crippen LogP contribution in [0.25, 0.3) is 11.7 Å². The summed E-state index contributed by atoms with van der Waals surface area (Å²) < 4.78 is 6.73. The van der Waals surface area contributed by atoms with Crippen LogP contribution in [0.3, 0.4) is 0 Å². The van der Waals surface area contributed by atoms with Gasteiger partial charge in [0.15, 0.2) is 11.8 Å². The van der Waals surface area contributed by atoms with Crippen molar-refractivity contribution in [1.29, 1.82) is 0 Å². The summed E-state index contributed by atoms with van der Waals surface area (Å²) in [6.07, 6.45) is 12.4. The van der Waals surface area contributed by atoms with E-state index in [1.807, 2.05) is 18.2 Å². The third-order valence-electron chi connectivity index (χ3n) is 4.40. The second-order valence-electron chi connectivity index (χ2n) is 6.37. The summed E-state index contributed by atoms with van der Waals surface area (Å²) >= 11 is 6.10. The molecule has 0 spiro atoms. The number of pyridine rings is 1. The number of carbonyl (C=O) groups is 2. The van der Waals surface area contributed by atoms with Gasteiger partial charge in [-0.25, -0.2) is 9.78 Å². The molecule has 1 aliphatic rings. The van der Waals surface area contributed by atoms with Crippen LogP contribution in [0.2, 0.25) is 5.15 Å². The van der Waals surface area contributed by atoms with Crippen LogP contribution in [0.5, 0.6) is 0 Å². The number of aromatic nitrogens is 2. The van der Waals surface area contributed by atoms with Crippen molar-refractivity contribution in [2.75, 3.05) is 13.2 Å². The Morgan fingerprint density at radius 3 is 3.04 bits per heavy atom. The molecule has 1 amide bonds. The summed E-state index contributed by atoms with van der Waals surface area (Å²) in [4.78, 5) is 27.8. The third kappa shape index (κ3) is 5.44. The van der Waals surface area contributed by atoms with Crippen LogP contribution in [-0.4, -0.2) is 34.4 Å². The zero-order valence-electron chi connectivity index (χ0n) is 15.0. The molecule has 0 saturated carbocycles. The lowest BCUT2D eigenvalue weighted by atomic mass is 9.97. The number of ether oxygens (including phenoxy) is 1. The van der Waals surface area contributed by atoms with E-state index in [1.54, 1.807) is 10.6 Å². The van der Waals surface area contributed by atoms with Crippen LogP contribution >= 0.6 is 11.6 Å². The Kier molecular flexibility index (Phi) is 6.65. The fourth-order valence-electron chi connectivity index (χ4n) is 3.01. The number of hydrogen-bond acceptors (Lipinski definition) is 4. The topological polar surface area (TPSA) is 72.7 Å². The number of nitrogens with zero attached hydrogens (tertiary/aromatic N) is 2. The minimum atomic E-state index is -0.609. The number of esters is 1. The minimum absolute atomic E-state index is 0.292. The van der Waals surface area contributed by atoms with Crippen LogP contribution in [0.4, 0.5) is 0 Å². The first-order valence-corrected chi connectivity index (χ1v) is 9.43. The lowest BCUT2D eigenvalue weighted by Crippen LogP contribution is -2.29. The Labute approximate surface area is 162 Å². The number of amides is 1. The summed E-state index contributed by atoms with van der Waals surface area (Å²) in [6, 6.07) is 5.51. The molecule has 0 aliphatic heterocycles. The van der Waals surface area contributed by atoms with Gasteiger partial charge in [-0.2, -0.15) is 0 Å².